The van der Waals surface area contributed by atoms with Crippen molar-refractivity contribution >= 4 is 0 Å². The first-order chi connectivity index (χ1) is 7.24. The third-order valence-electron chi connectivity index (χ3n) is 3.41. The van der Waals surface area contributed by atoms with Gasteiger partial charge >= 0.3 is 0 Å². The summed E-state index contributed by atoms with van der Waals surface area (Å²) < 4.78 is 0. The lowest BCUT2D eigenvalue weighted by Gasteiger charge is -2.27. The molecule has 15 heavy (non-hydrogen) atoms. The van der Waals surface area contributed by atoms with Gasteiger partial charge in [0.15, 0.2) is 0 Å². The Bertz CT molecular complexity index is 201. The SMILES string of the molecule is CN(CCC(N)C#N)C1CCCCCC1. The van der Waals surface area contributed by atoms with Gasteiger partial charge in [0.05, 0.1) is 12.1 Å². The number of rotatable bonds is 4. The quantitative estimate of drug-likeness (QED) is 0.719. The number of nitrogens with zero attached hydrogens (tertiary/aromatic N) is 2. The van der Waals surface area contributed by atoms with Crippen LogP contribution < -0.4 is 5.73 Å². The second kappa shape index (κ2) is 6.81. The molecule has 1 saturated carbocycles. The van der Waals surface area contributed by atoms with E-state index in [2.05, 4.69) is 18.0 Å². The van der Waals surface area contributed by atoms with Crippen LogP contribution in [0, 0.1) is 11.3 Å². The molecule has 1 rings (SSSR count). The maximum atomic E-state index is 8.61. The molecule has 1 aliphatic rings. The van der Waals surface area contributed by atoms with Crippen LogP contribution in [-0.4, -0.2) is 30.6 Å². The van der Waals surface area contributed by atoms with Crippen LogP contribution in [0.25, 0.3) is 0 Å². The van der Waals surface area contributed by atoms with E-state index in [-0.39, 0.29) is 6.04 Å². The monoisotopic (exact) mass is 209 g/mol. The van der Waals surface area contributed by atoms with Crippen molar-refractivity contribution < 1.29 is 0 Å². The number of nitrogens with two attached hydrogens (primary N) is 1. The molecular formula is C12H23N3. The lowest BCUT2D eigenvalue weighted by Crippen LogP contribution is -2.34. The second-order valence-corrected chi connectivity index (χ2v) is 4.65. The van der Waals surface area contributed by atoms with Crippen molar-refractivity contribution in [1.29, 1.82) is 5.26 Å². The van der Waals surface area contributed by atoms with Crippen LogP contribution in [0.1, 0.15) is 44.9 Å². The Balaban J connectivity index is 2.25. The molecule has 3 nitrogen and oxygen atoms in total. The highest BCUT2D eigenvalue weighted by Crippen LogP contribution is 2.21. The molecule has 1 fully saturated rings. The standard InChI is InChI=1S/C12H23N3/c1-15(9-8-11(14)10-13)12-6-4-2-3-5-7-12/h11-12H,2-9,14H2,1H3. The van der Waals surface area contributed by atoms with E-state index in [9.17, 15) is 0 Å². The van der Waals surface area contributed by atoms with Gasteiger partial charge in [0.1, 0.15) is 0 Å². The Morgan fingerprint density at radius 1 is 1.33 bits per heavy atom. The van der Waals surface area contributed by atoms with Crippen LogP contribution in [0.3, 0.4) is 0 Å². The van der Waals surface area contributed by atoms with Crippen molar-refractivity contribution in [3.8, 4) is 6.07 Å². The molecule has 0 radical (unpaired) electrons. The second-order valence-electron chi connectivity index (χ2n) is 4.65. The maximum absolute atomic E-state index is 8.61. The smallest absolute Gasteiger partial charge is 0.0940 e. The summed E-state index contributed by atoms with van der Waals surface area (Å²) in [6.45, 7) is 0.958. The first kappa shape index (κ1) is 12.5. The molecule has 3 heteroatoms. The molecule has 86 valence electrons. The summed E-state index contributed by atoms with van der Waals surface area (Å²) in [5, 5.41) is 8.61. The fourth-order valence-electron chi connectivity index (χ4n) is 2.29. The van der Waals surface area contributed by atoms with Gasteiger partial charge in [0.25, 0.3) is 0 Å². The zero-order valence-electron chi connectivity index (χ0n) is 9.78. The molecule has 2 N–H and O–H groups in total. The highest BCUT2D eigenvalue weighted by atomic mass is 15.1. The van der Waals surface area contributed by atoms with Gasteiger partial charge in [-0.1, -0.05) is 25.7 Å². The van der Waals surface area contributed by atoms with Gasteiger partial charge in [-0.25, -0.2) is 0 Å². The van der Waals surface area contributed by atoms with Crippen LogP contribution in [0.2, 0.25) is 0 Å². The summed E-state index contributed by atoms with van der Waals surface area (Å²) in [4.78, 5) is 2.39. The minimum atomic E-state index is -0.293. The van der Waals surface area contributed by atoms with Crippen molar-refractivity contribution in [3.63, 3.8) is 0 Å². The molecule has 1 aliphatic carbocycles. The Labute approximate surface area is 93.2 Å². The molecule has 1 unspecified atom stereocenters. The van der Waals surface area contributed by atoms with Crippen molar-refractivity contribution in [1.82, 2.24) is 4.90 Å². The van der Waals surface area contributed by atoms with E-state index < -0.39 is 0 Å². The van der Waals surface area contributed by atoms with Gasteiger partial charge in [-0.2, -0.15) is 5.26 Å². The first-order valence-electron chi connectivity index (χ1n) is 6.09. The van der Waals surface area contributed by atoms with Crippen LogP contribution in [0.15, 0.2) is 0 Å². The van der Waals surface area contributed by atoms with Gasteiger partial charge in [0.2, 0.25) is 0 Å². The molecule has 1 atom stereocenters. The van der Waals surface area contributed by atoms with Gasteiger partial charge in [-0.05, 0) is 26.3 Å². The largest absolute Gasteiger partial charge is 0.316 e. The molecule has 0 amide bonds. The van der Waals surface area contributed by atoms with Crippen LogP contribution >= 0.6 is 0 Å². The van der Waals surface area contributed by atoms with E-state index in [0.29, 0.717) is 0 Å². The summed E-state index contributed by atoms with van der Waals surface area (Å²) in [5.41, 5.74) is 5.59. The highest BCUT2D eigenvalue weighted by Gasteiger charge is 2.16. The predicted molar refractivity (Wildman–Crippen MR) is 62.3 cm³/mol. The third kappa shape index (κ3) is 4.63. The molecule has 0 aromatic rings. The molecule has 0 aromatic carbocycles. The van der Waals surface area contributed by atoms with E-state index in [1.165, 1.54) is 38.5 Å². The van der Waals surface area contributed by atoms with Crippen LogP contribution in [0.4, 0.5) is 0 Å². The maximum Gasteiger partial charge on any atom is 0.0940 e. The van der Waals surface area contributed by atoms with Crippen molar-refractivity contribution in [2.24, 2.45) is 5.73 Å². The molecule has 0 aromatic heterocycles. The number of hydrogen-bond acceptors (Lipinski definition) is 3. The van der Waals surface area contributed by atoms with E-state index >= 15 is 0 Å². The van der Waals surface area contributed by atoms with Crippen molar-refractivity contribution in [2.45, 2.75) is 57.0 Å². The number of nitriles is 1. The zero-order chi connectivity index (χ0) is 11.1. The Morgan fingerprint density at radius 2 is 1.93 bits per heavy atom. The average molecular weight is 209 g/mol. The van der Waals surface area contributed by atoms with Gasteiger partial charge in [0, 0.05) is 12.6 Å². The van der Waals surface area contributed by atoms with Crippen LogP contribution in [-0.2, 0) is 0 Å². The molecule has 0 aliphatic heterocycles. The number of hydrogen-bond donors (Lipinski definition) is 1. The summed E-state index contributed by atoms with van der Waals surface area (Å²) in [6.07, 6.45) is 8.93. The molecule has 0 saturated heterocycles. The lowest BCUT2D eigenvalue weighted by atomic mass is 10.1. The summed E-state index contributed by atoms with van der Waals surface area (Å²) >= 11 is 0. The minimum Gasteiger partial charge on any atom is -0.316 e. The summed E-state index contributed by atoms with van der Waals surface area (Å²) in [7, 11) is 2.17. The van der Waals surface area contributed by atoms with Gasteiger partial charge < -0.3 is 10.6 Å². The topological polar surface area (TPSA) is 53.0 Å². The van der Waals surface area contributed by atoms with Gasteiger partial charge in [-0.15, -0.1) is 0 Å². The summed E-state index contributed by atoms with van der Waals surface area (Å²) in [5.74, 6) is 0. The van der Waals surface area contributed by atoms with Gasteiger partial charge in [-0.3, -0.25) is 0 Å². The van der Waals surface area contributed by atoms with E-state index in [1.807, 2.05) is 0 Å². The normalized spacial score (nSPS) is 20.9. The fourth-order valence-corrected chi connectivity index (χ4v) is 2.29. The average Bonchev–Trinajstić information content (AvgIpc) is 2.53. The Kier molecular flexibility index (Phi) is 5.67. The molecule has 0 heterocycles. The lowest BCUT2D eigenvalue weighted by molar-refractivity contribution is 0.217. The molecular weight excluding hydrogens is 186 g/mol. The van der Waals surface area contributed by atoms with E-state index in [4.69, 9.17) is 11.0 Å². The summed E-state index contributed by atoms with van der Waals surface area (Å²) in [6, 6.07) is 2.51. The highest BCUT2D eigenvalue weighted by molar-refractivity contribution is 4.87. The molecule has 0 bridgehead atoms. The minimum absolute atomic E-state index is 0.293. The first-order valence-corrected chi connectivity index (χ1v) is 6.09. The fraction of sp³-hybridized carbons (Fsp3) is 0.917. The van der Waals surface area contributed by atoms with Crippen molar-refractivity contribution in [2.75, 3.05) is 13.6 Å². The predicted octanol–water partition coefficient (Wildman–Crippen LogP) is 1.88. The third-order valence-corrected chi connectivity index (χ3v) is 3.41. The van der Waals surface area contributed by atoms with Crippen molar-refractivity contribution in [3.05, 3.63) is 0 Å². The van der Waals surface area contributed by atoms with Crippen LogP contribution in [0.5, 0.6) is 0 Å². The zero-order valence-corrected chi connectivity index (χ0v) is 9.78. The Morgan fingerprint density at radius 3 is 2.47 bits per heavy atom. The van der Waals surface area contributed by atoms with E-state index in [0.717, 1.165) is 19.0 Å². The van der Waals surface area contributed by atoms with E-state index in [1.54, 1.807) is 0 Å². The Hall–Kier alpha value is -0.590. The molecule has 0 spiro atoms.